The van der Waals surface area contributed by atoms with Crippen LogP contribution in [0.3, 0.4) is 0 Å². The van der Waals surface area contributed by atoms with Crippen LogP contribution < -0.4 is 4.74 Å². The maximum absolute atomic E-state index is 12.6. The topological polar surface area (TPSA) is 9.23 Å². The molecule has 0 heterocycles. The molecule has 0 aliphatic carbocycles. The second-order valence-electron chi connectivity index (χ2n) is 4.54. The molecule has 19 heavy (non-hydrogen) atoms. The van der Waals surface area contributed by atoms with Crippen LogP contribution in [0.15, 0.2) is 30.4 Å². The van der Waals surface area contributed by atoms with Gasteiger partial charge in [-0.2, -0.15) is 13.2 Å². The van der Waals surface area contributed by atoms with Crippen LogP contribution in [0.5, 0.6) is 5.75 Å². The highest BCUT2D eigenvalue weighted by Crippen LogP contribution is 2.33. The lowest BCUT2D eigenvalue weighted by molar-refractivity contribution is -0.137. The van der Waals surface area contributed by atoms with Crippen LogP contribution in [0.2, 0.25) is 0 Å². The average molecular weight is 272 g/mol. The van der Waals surface area contributed by atoms with Gasteiger partial charge in [0, 0.05) is 0 Å². The minimum Gasteiger partial charge on any atom is -0.496 e. The molecular weight excluding hydrogens is 253 g/mol. The second-order valence-corrected chi connectivity index (χ2v) is 4.54. The molecule has 1 nitrogen and oxygen atoms in total. The van der Waals surface area contributed by atoms with Gasteiger partial charge in [0.1, 0.15) is 5.75 Å². The highest BCUT2D eigenvalue weighted by molar-refractivity contribution is 5.39. The zero-order chi connectivity index (χ0) is 14.5. The quantitative estimate of drug-likeness (QED) is 0.696. The van der Waals surface area contributed by atoms with Crippen molar-refractivity contribution in [3.8, 4) is 5.75 Å². The van der Waals surface area contributed by atoms with Crippen LogP contribution in [0.1, 0.15) is 31.4 Å². The lowest BCUT2D eigenvalue weighted by atomic mass is 9.98. The van der Waals surface area contributed by atoms with Gasteiger partial charge in [-0.15, -0.1) is 0 Å². The summed E-state index contributed by atoms with van der Waals surface area (Å²) in [5.74, 6) is 0.567. The van der Waals surface area contributed by atoms with E-state index in [0.717, 1.165) is 24.1 Å². The summed E-state index contributed by atoms with van der Waals surface area (Å²) in [4.78, 5) is 0. The van der Waals surface area contributed by atoms with Crippen molar-refractivity contribution in [2.45, 2.75) is 32.9 Å². The third-order valence-electron chi connectivity index (χ3n) is 2.86. The molecule has 106 valence electrons. The zero-order valence-electron chi connectivity index (χ0n) is 11.4. The summed E-state index contributed by atoms with van der Waals surface area (Å²) in [5, 5.41) is 0. The molecule has 0 N–H and O–H groups in total. The number of hydrogen-bond donors (Lipinski definition) is 0. The molecule has 0 saturated heterocycles. The Morgan fingerprint density at radius 1 is 1.32 bits per heavy atom. The largest absolute Gasteiger partial charge is 0.496 e. The van der Waals surface area contributed by atoms with E-state index >= 15 is 0 Å². The molecule has 0 aliphatic rings. The Morgan fingerprint density at radius 2 is 2.00 bits per heavy atom. The molecule has 0 bridgehead atoms. The summed E-state index contributed by atoms with van der Waals surface area (Å²) in [6.45, 7) is 4.07. The van der Waals surface area contributed by atoms with E-state index in [2.05, 4.69) is 12.2 Å². The summed E-state index contributed by atoms with van der Waals surface area (Å²) in [5.41, 5.74) is 0.119. The van der Waals surface area contributed by atoms with Crippen molar-refractivity contribution in [2.75, 3.05) is 7.11 Å². The third kappa shape index (κ3) is 4.62. The normalized spacial score (nSPS) is 13.8. The molecule has 1 aromatic rings. The molecular formula is C15H19F3O. The van der Waals surface area contributed by atoms with Gasteiger partial charge in [0.05, 0.1) is 12.7 Å². The van der Waals surface area contributed by atoms with E-state index in [4.69, 9.17) is 4.74 Å². The van der Waals surface area contributed by atoms with Gasteiger partial charge >= 0.3 is 6.18 Å². The number of ether oxygens (including phenoxy) is 1. The highest BCUT2D eigenvalue weighted by atomic mass is 19.4. The van der Waals surface area contributed by atoms with Crippen molar-refractivity contribution in [2.24, 2.45) is 5.92 Å². The van der Waals surface area contributed by atoms with Crippen molar-refractivity contribution in [1.82, 2.24) is 0 Å². The van der Waals surface area contributed by atoms with Gasteiger partial charge in [-0.1, -0.05) is 32.1 Å². The maximum atomic E-state index is 12.6. The third-order valence-corrected chi connectivity index (χ3v) is 2.86. The summed E-state index contributed by atoms with van der Waals surface area (Å²) in [6.07, 6.45) is 1.41. The Balaban J connectivity index is 2.93. The van der Waals surface area contributed by atoms with E-state index in [0.29, 0.717) is 12.2 Å². The molecule has 4 heteroatoms. The van der Waals surface area contributed by atoms with Crippen molar-refractivity contribution >= 4 is 0 Å². The zero-order valence-corrected chi connectivity index (χ0v) is 11.4. The van der Waals surface area contributed by atoms with Crippen LogP contribution in [0.4, 0.5) is 13.2 Å². The minimum absolute atomic E-state index is 0.269. The van der Waals surface area contributed by atoms with Crippen molar-refractivity contribution in [1.29, 1.82) is 0 Å². The molecule has 0 spiro atoms. The number of alkyl halides is 3. The lowest BCUT2D eigenvalue weighted by Gasteiger charge is -2.14. The van der Waals surface area contributed by atoms with Gasteiger partial charge in [0.2, 0.25) is 0 Å². The number of halogens is 3. The van der Waals surface area contributed by atoms with E-state index in [1.54, 1.807) is 0 Å². The van der Waals surface area contributed by atoms with Crippen molar-refractivity contribution < 1.29 is 17.9 Å². The van der Waals surface area contributed by atoms with Gasteiger partial charge in [-0.3, -0.25) is 0 Å². The Labute approximate surface area is 112 Å². The molecule has 0 saturated carbocycles. The molecule has 0 radical (unpaired) electrons. The molecule has 1 unspecified atom stereocenters. The minimum atomic E-state index is -4.33. The summed E-state index contributed by atoms with van der Waals surface area (Å²) in [6, 6.07) is 3.66. The number of benzene rings is 1. The molecule has 0 amide bonds. The summed E-state index contributed by atoms with van der Waals surface area (Å²) >= 11 is 0. The highest BCUT2D eigenvalue weighted by Gasteiger charge is 2.31. The molecule has 0 fully saturated rings. The summed E-state index contributed by atoms with van der Waals surface area (Å²) < 4.78 is 42.9. The van der Waals surface area contributed by atoms with Crippen LogP contribution in [0, 0.1) is 5.92 Å². The first-order valence-corrected chi connectivity index (χ1v) is 6.29. The standard InChI is InChI=1S/C15H19F3O/c1-4-5-6-11(2)9-12-7-8-13(15(16,17)18)10-14(12)19-3/h5-8,10-11H,4,9H2,1-3H3/b6-5-. The first-order chi connectivity index (χ1) is 8.88. The number of methoxy groups -OCH3 is 1. The average Bonchev–Trinajstić information content (AvgIpc) is 2.35. The van der Waals surface area contributed by atoms with Crippen LogP contribution >= 0.6 is 0 Å². The predicted molar refractivity (Wildman–Crippen MR) is 70.3 cm³/mol. The molecule has 0 aliphatic heterocycles. The fourth-order valence-electron chi connectivity index (χ4n) is 1.87. The number of rotatable bonds is 5. The van der Waals surface area contributed by atoms with Crippen LogP contribution in [-0.4, -0.2) is 7.11 Å². The van der Waals surface area contributed by atoms with E-state index in [1.807, 2.05) is 13.8 Å². The molecule has 1 atom stereocenters. The molecule has 1 aromatic carbocycles. The Morgan fingerprint density at radius 3 is 2.53 bits per heavy atom. The first kappa shape index (κ1) is 15.6. The number of hydrogen-bond acceptors (Lipinski definition) is 1. The van der Waals surface area contributed by atoms with Gasteiger partial charge < -0.3 is 4.74 Å². The Hall–Kier alpha value is -1.45. The molecule has 1 rings (SSSR count). The monoisotopic (exact) mass is 272 g/mol. The lowest BCUT2D eigenvalue weighted by Crippen LogP contribution is -2.07. The first-order valence-electron chi connectivity index (χ1n) is 6.29. The fraction of sp³-hybridized carbons (Fsp3) is 0.467. The van der Waals surface area contributed by atoms with Crippen LogP contribution in [0.25, 0.3) is 0 Å². The Bertz CT molecular complexity index is 436. The summed E-state index contributed by atoms with van der Waals surface area (Å²) in [7, 11) is 1.39. The second kappa shape index (κ2) is 6.64. The van der Waals surface area contributed by atoms with E-state index in [9.17, 15) is 13.2 Å². The van der Waals surface area contributed by atoms with E-state index < -0.39 is 11.7 Å². The maximum Gasteiger partial charge on any atom is 0.416 e. The van der Waals surface area contributed by atoms with E-state index in [-0.39, 0.29) is 5.92 Å². The van der Waals surface area contributed by atoms with Gasteiger partial charge in [-0.05, 0) is 36.5 Å². The Kier molecular flexibility index (Phi) is 5.45. The van der Waals surface area contributed by atoms with E-state index in [1.165, 1.54) is 13.2 Å². The van der Waals surface area contributed by atoms with Gasteiger partial charge in [-0.25, -0.2) is 0 Å². The van der Waals surface area contributed by atoms with Gasteiger partial charge in [0.15, 0.2) is 0 Å². The van der Waals surface area contributed by atoms with Crippen molar-refractivity contribution in [3.63, 3.8) is 0 Å². The van der Waals surface area contributed by atoms with Gasteiger partial charge in [0.25, 0.3) is 0 Å². The molecule has 0 aromatic heterocycles. The predicted octanol–water partition coefficient (Wildman–Crippen LogP) is 4.86. The SMILES string of the molecule is CC/C=C\C(C)Cc1ccc(C(F)(F)F)cc1OC. The number of allylic oxidation sites excluding steroid dienone is 2. The fourth-order valence-corrected chi connectivity index (χ4v) is 1.87. The smallest absolute Gasteiger partial charge is 0.416 e. The van der Waals surface area contributed by atoms with Crippen LogP contribution in [-0.2, 0) is 12.6 Å². The van der Waals surface area contributed by atoms with Crippen molar-refractivity contribution in [3.05, 3.63) is 41.5 Å².